The third-order valence-corrected chi connectivity index (χ3v) is 4.00. The molecule has 6 nitrogen and oxygen atoms in total. The monoisotopic (exact) mass is 330 g/mol. The van der Waals surface area contributed by atoms with Gasteiger partial charge in [-0.15, -0.1) is 0 Å². The Balaban J connectivity index is 1.90. The van der Waals surface area contributed by atoms with Crippen LogP contribution in [0, 0.1) is 0 Å². The van der Waals surface area contributed by atoms with Crippen molar-refractivity contribution < 1.29 is 28.8 Å². The molecule has 2 aromatic rings. The quantitative estimate of drug-likeness (QED) is 0.816. The lowest BCUT2D eigenvalue weighted by molar-refractivity contribution is -0.685. The first-order valence-electron chi connectivity index (χ1n) is 7.85. The number of hydrogen-bond donors (Lipinski definition) is 1. The topological polar surface area (TPSA) is 82.4 Å². The first-order chi connectivity index (χ1) is 11.6. The summed E-state index contributed by atoms with van der Waals surface area (Å²) in [6, 6.07) is 9.21. The van der Waals surface area contributed by atoms with Crippen LogP contribution in [0.3, 0.4) is 0 Å². The van der Waals surface area contributed by atoms with Gasteiger partial charge in [0, 0.05) is 18.4 Å². The minimum absolute atomic E-state index is 0.276. The first kappa shape index (κ1) is 16.3. The molecule has 0 bridgehead atoms. The van der Waals surface area contributed by atoms with Gasteiger partial charge in [0.25, 0.3) is 0 Å². The first-order valence-corrected chi connectivity index (χ1v) is 7.85. The molecule has 6 heteroatoms. The van der Waals surface area contributed by atoms with Crippen molar-refractivity contribution in [3.63, 3.8) is 0 Å². The van der Waals surface area contributed by atoms with E-state index in [0.29, 0.717) is 17.4 Å². The van der Waals surface area contributed by atoms with Crippen molar-refractivity contribution >= 4 is 11.9 Å². The van der Waals surface area contributed by atoms with E-state index in [4.69, 9.17) is 13.9 Å². The van der Waals surface area contributed by atoms with E-state index in [1.54, 1.807) is 12.1 Å². The lowest BCUT2D eigenvalue weighted by atomic mass is 10.0. The number of nitrogens with two attached hydrogens (primary N) is 1. The van der Waals surface area contributed by atoms with Crippen LogP contribution in [0.2, 0.25) is 0 Å². The number of carbonyl (C=O) groups is 2. The fourth-order valence-electron chi connectivity index (χ4n) is 2.50. The zero-order valence-electron chi connectivity index (χ0n) is 13.7. The number of esters is 2. The van der Waals surface area contributed by atoms with E-state index in [2.05, 4.69) is 5.32 Å². The van der Waals surface area contributed by atoms with Crippen LogP contribution in [-0.4, -0.2) is 32.2 Å². The average molecular weight is 330 g/mol. The van der Waals surface area contributed by atoms with Gasteiger partial charge in [0.1, 0.15) is 12.3 Å². The van der Waals surface area contributed by atoms with Crippen molar-refractivity contribution in [1.82, 2.24) is 0 Å². The molecule has 126 valence electrons. The second-order valence-corrected chi connectivity index (χ2v) is 5.83. The van der Waals surface area contributed by atoms with Crippen molar-refractivity contribution in [3.8, 4) is 11.3 Å². The van der Waals surface area contributed by atoms with Gasteiger partial charge in [-0.05, 0) is 30.3 Å². The van der Waals surface area contributed by atoms with Gasteiger partial charge in [0.15, 0.2) is 5.76 Å². The molecule has 1 aliphatic carbocycles. The predicted octanol–water partition coefficient (Wildman–Crippen LogP) is 1.75. The van der Waals surface area contributed by atoms with Gasteiger partial charge in [-0.3, -0.25) is 0 Å². The van der Waals surface area contributed by atoms with Gasteiger partial charge in [0.05, 0.1) is 31.4 Å². The normalized spacial score (nSPS) is 13.6. The van der Waals surface area contributed by atoms with E-state index < -0.39 is 11.9 Å². The molecule has 2 N–H and O–H groups in total. The van der Waals surface area contributed by atoms with E-state index >= 15 is 0 Å². The number of carbonyl (C=O) groups excluding carboxylic acids is 2. The minimum atomic E-state index is -0.518. The van der Waals surface area contributed by atoms with E-state index in [0.717, 1.165) is 12.3 Å². The molecule has 1 aromatic carbocycles. The van der Waals surface area contributed by atoms with Crippen molar-refractivity contribution in [2.24, 2.45) is 0 Å². The number of methoxy groups -OCH3 is 2. The molecule has 0 unspecified atom stereocenters. The molecule has 3 rings (SSSR count). The van der Waals surface area contributed by atoms with Gasteiger partial charge in [-0.25, -0.2) is 9.59 Å². The highest BCUT2D eigenvalue weighted by Crippen LogP contribution is 2.25. The Bertz CT molecular complexity index is 726. The minimum Gasteiger partial charge on any atom is -0.465 e. The number of rotatable bonds is 6. The average Bonchev–Trinajstić information content (AvgIpc) is 3.33. The number of benzene rings is 1. The molecule has 0 saturated heterocycles. The summed E-state index contributed by atoms with van der Waals surface area (Å²) in [6.45, 7) is 0.783. The van der Waals surface area contributed by atoms with Crippen molar-refractivity contribution in [3.05, 3.63) is 47.2 Å². The third kappa shape index (κ3) is 3.65. The molecule has 0 atom stereocenters. The zero-order valence-corrected chi connectivity index (χ0v) is 13.7. The highest BCUT2D eigenvalue weighted by atomic mass is 16.5. The Hall–Kier alpha value is -2.60. The van der Waals surface area contributed by atoms with Crippen molar-refractivity contribution in [1.29, 1.82) is 0 Å². The third-order valence-electron chi connectivity index (χ3n) is 4.00. The molecule has 0 aliphatic heterocycles. The van der Waals surface area contributed by atoms with Crippen LogP contribution in [0.1, 0.15) is 39.3 Å². The fourth-order valence-corrected chi connectivity index (χ4v) is 2.50. The Morgan fingerprint density at radius 2 is 1.71 bits per heavy atom. The van der Waals surface area contributed by atoms with Crippen LogP contribution < -0.4 is 5.32 Å². The van der Waals surface area contributed by atoms with E-state index in [9.17, 15) is 9.59 Å². The molecule has 1 aliphatic rings. The SMILES string of the molecule is COC(=O)c1cc(C(=O)OC)cc(-c2ccc(C[NH2+]C3CC3)o2)c1. The van der Waals surface area contributed by atoms with E-state index in [1.165, 1.54) is 33.1 Å². The molecule has 1 heterocycles. The van der Waals surface area contributed by atoms with Crippen LogP contribution in [0.25, 0.3) is 11.3 Å². The second-order valence-electron chi connectivity index (χ2n) is 5.83. The smallest absolute Gasteiger partial charge is 0.337 e. The summed E-state index contributed by atoms with van der Waals surface area (Å²) in [5.74, 6) is 0.428. The Morgan fingerprint density at radius 3 is 2.25 bits per heavy atom. The summed E-state index contributed by atoms with van der Waals surface area (Å²) in [6.07, 6.45) is 2.52. The number of hydrogen-bond acceptors (Lipinski definition) is 5. The molecule has 24 heavy (non-hydrogen) atoms. The molecular formula is C18H20NO5+. The van der Waals surface area contributed by atoms with Crippen LogP contribution in [0.5, 0.6) is 0 Å². The zero-order chi connectivity index (χ0) is 17.1. The fraction of sp³-hybridized carbons (Fsp3) is 0.333. The second kappa shape index (κ2) is 6.88. The van der Waals surface area contributed by atoms with Crippen LogP contribution in [0.4, 0.5) is 0 Å². The van der Waals surface area contributed by atoms with Gasteiger partial charge in [-0.1, -0.05) is 0 Å². The van der Waals surface area contributed by atoms with Crippen molar-refractivity contribution in [2.45, 2.75) is 25.4 Å². The van der Waals surface area contributed by atoms with Crippen LogP contribution in [0.15, 0.2) is 34.7 Å². The van der Waals surface area contributed by atoms with Gasteiger partial charge >= 0.3 is 11.9 Å². The number of ether oxygens (including phenoxy) is 2. The van der Waals surface area contributed by atoms with Crippen LogP contribution in [-0.2, 0) is 16.0 Å². The highest BCUT2D eigenvalue weighted by molar-refractivity contribution is 5.97. The molecule has 1 aromatic heterocycles. The summed E-state index contributed by atoms with van der Waals surface area (Å²) in [5, 5.41) is 2.26. The Labute approximate surface area is 139 Å². The maximum absolute atomic E-state index is 11.8. The molecule has 0 spiro atoms. The summed E-state index contributed by atoms with van der Waals surface area (Å²) in [4.78, 5) is 23.7. The lowest BCUT2D eigenvalue weighted by Gasteiger charge is -2.06. The molecule has 0 radical (unpaired) electrons. The molecular weight excluding hydrogens is 310 g/mol. The summed E-state index contributed by atoms with van der Waals surface area (Å²) in [7, 11) is 2.59. The van der Waals surface area contributed by atoms with Gasteiger partial charge in [0.2, 0.25) is 0 Å². The van der Waals surface area contributed by atoms with Gasteiger partial charge < -0.3 is 19.2 Å². The number of furan rings is 1. The van der Waals surface area contributed by atoms with E-state index in [1.807, 2.05) is 12.1 Å². The van der Waals surface area contributed by atoms with Gasteiger partial charge in [-0.2, -0.15) is 0 Å². The predicted molar refractivity (Wildman–Crippen MR) is 85.5 cm³/mol. The standard InChI is InChI=1S/C18H19NO5/c1-22-17(20)12-7-11(8-13(9-12)18(21)23-2)16-6-5-15(24-16)10-19-14-3-4-14/h5-9,14,19H,3-4,10H2,1-2H3/p+1. The Kier molecular flexibility index (Phi) is 4.66. The Morgan fingerprint density at radius 1 is 1.08 bits per heavy atom. The van der Waals surface area contributed by atoms with Crippen LogP contribution >= 0.6 is 0 Å². The highest BCUT2D eigenvalue weighted by Gasteiger charge is 2.25. The van der Waals surface area contributed by atoms with Crippen molar-refractivity contribution in [2.75, 3.05) is 14.2 Å². The summed E-state index contributed by atoms with van der Waals surface area (Å²) < 4.78 is 15.3. The summed E-state index contributed by atoms with van der Waals surface area (Å²) in [5.41, 5.74) is 1.19. The molecule has 0 amide bonds. The maximum Gasteiger partial charge on any atom is 0.337 e. The number of quaternary nitrogens is 1. The lowest BCUT2D eigenvalue weighted by Crippen LogP contribution is -2.84. The molecule has 1 saturated carbocycles. The largest absolute Gasteiger partial charge is 0.465 e. The molecule has 1 fully saturated rings. The maximum atomic E-state index is 11.8. The summed E-state index contributed by atoms with van der Waals surface area (Å²) >= 11 is 0. The van der Waals surface area contributed by atoms with E-state index in [-0.39, 0.29) is 11.1 Å².